The fourth-order valence-corrected chi connectivity index (χ4v) is 2.66. The Morgan fingerprint density at radius 1 is 1.00 bits per heavy atom. The number of halogens is 3. The van der Waals surface area contributed by atoms with E-state index in [9.17, 15) is 4.79 Å². The van der Waals surface area contributed by atoms with Crippen molar-refractivity contribution in [2.24, 2.45) is 0 Å². The Hall–Kier alpha value is -1.68. The van der Waals surface area contributed by atoms with Gasteiger partial charge in [0.05, 0.1) is 26.3 Å². The molecule has 2 aromatic carbocycles. The Kier molecular flexibility index (Phi) is 3.81. The number of fused-ring (bicyclic) bond motifs is 1. The summed E-state index contributed by atoms with van der Waals surface area (Å²) >= 11 is 17.9. The number of aromatic amines is 1. The lowest BCUT2D eigenvalue weighted by Gasteiger charge is -2.08. The highest BCUT2D eigenvalue weighted by Gasteiger charge is 2.14. The van der Waals surface area contributed by atoms with Gasteiger partial charge in [0, 0.05) is 17.1 Å². The van der Waals surface area contributed by atoms with Crippen molar-refractivity contribution < 1.29 is 4.79 Å². The lowest BCUT2D eigenvalue weighted by Crippen LogP contribution is -2.11. The summed E-state index contributed by atoms with van der Waals surface area (Å²) in [6.45, 7) is 0. The minimum absolute atomic E-state index is 0.271. The molecule has 0 unspecified atom stereocenters. The van der Waals surface area contributed by atoms with Crippen molar-refractivity contribution in [2.75, 3.05) is 5.32 Å². The van der Waals surface area contributed by atoms with Gasteiger partial charge < -0.3 is 10.3 Å². The molecule has 1 amide bonds. The average molecular weight is 340 g/mol. The number of para-hydroxylation sites is 1. The lowest BCUT2D eigenvalue weighted by molar-refractivity contribution is 0.102. The maximum absolute atomic E-state index is 12.4. The minimum atomic E-state index is -0.271. The topological polar surface area (TPSA) is 44.9 Å². The molecule has 0 bridgehead atoms. The number of aromatic nitrogens is 1. The third-order valence-electron chi connectivity index (χ3n) is 3.09. The summed E-state index contributed by atoms with van der Waals surface area (Å²) in [6.07, 6.45) is 1.66. The Morgan fingerprint density at radius 3 is 2.52 bits per heavy atom. The van der Waals surface area contributed by atoms with Gasteiger partial charge >= 0.3 is 0 Å². The van der Waals surface area contributed by atoms with Gasteiger partial charge in [0.1, 0.15) is 0 Å². The van der Waals surface area contributed by atoms with Gasteiger partial charge in [-0.15, -0.1) is 0 Å². The molecule has 0 spiro atoms. The number of rotatable bonds is 2. The summed E-state index contributed by atoms with van der Waals surface area (Å²) in [5, 5.41) is 4.58. The van der Waals surface area contributed by atoms with E-state index in [1.807, 2.05) is 24.3 Å². The van der Waals surface area contributed by atoms with E-state index in [0.717, 1.165) is 10.9 Å². The van der Waals surface area contributed by atoms with Gasteiger partial charge in [-0.05, 0) is 18.2 Å². The molecule has 6 heteroatoms. The second-order valence-electron chi connectivity index (χ2n) is 4.45. The summed E-state index contributed by atoms with van der Waals surface area (Å²) < 4.78 is 0. The van der Waals surface area contributed by atoms with Crippen LogP contribution in [-0.2, 0) is 0 Å². The van der Waals surface area contributed by atoms with E-state index < -0.39 is 0 Å². The van der Waals surface area contributed by atoms with Crippen LogP contribution in [0.1, 0.15) is 10.4 Å². The summed E-state index contributed by atoms with van der Waals surface area (Å²) in [5.74, 6) is -0.271. The number of benzene rings is 2. The number of H-pyrrole nitrogens is 1. The van der Waals surface area contributed by atoms with E-state index in [0.29, 0.717) is 26.3 Å². The second-order valence-corrected chi connectivity index (χ2v) is 5.67. The molecule has 0 saturated carbocycles. The molecule has 1 aromatic heterocycles. The highest BCUT2D eigenvalue weighted by molar-refractivity contribution is 6.44. The zero-order valence-corrected chi connectivity index (χ0v) is 12.9. The molecule has 3 aromatic rings. The summed E-state index contributed by atoms with van der Waals surface area (Å²) in [6, 6.07) is 10.6. The van der Waals surface area contributed by atoms with Crippen molar-refractivity contribution in [3.8, 4) is 0 Å². The van der Waals surface area contributed by atoms with Gasteiger partial charge in [-0.1, -0.05) is 53.0 Å². The van der Waals surface area contributed by atoms with Gasteiger partial charge in [-0.3, -0.25) is 4.79 Å². The lowest BCUT2D eigenvalue weighted by atomic mass is 10.1. The van der Waals surface area contributed by atoms with Crippen molar-refractivity contribution in [1.29, 1.82) is 0 Å². The predicted octanol–water partition coefficient (Wildman–Crippen LogP) is 5.38. The third-order valence-corrected chi connectivity index (χ3v) is 4.13. The van der Waals surface area contributed by atoms with Crippen LogP contribution in [0.4, 0.5) is 5.69 Å². The maximum Gasteiger partial charge on any atom is 0.257 e. The fourth-order valence-electron chi connectivity index (χ4n) is 2.07. The molecule has 21 heavy (non-hydrogen) atoms. The first-order valence-electron chi connectivity index (χ1n) is 6.08. The fraction of sp³-hybridized carbons (Fsp3) is 0. The molecular weight excluding hydrogens is 331 g/mol. The van der Waals surface area contributed by atoms with E-state index in [-0.39, 0.29) is 5.91 Å². The van der Waals surface area contributed by atoms with Crippen LogP contribution in [0.2, 0.25) is 15.1 Å². The third kappa shape index (κ3) is 2.72. The summed E-state index contributed by atoms with van der Waals surface area (Å²) in [7, 11) is 0. The number of hydrogen-bond donors (Lipinski definition) is 2. The van der Waals surface area contributed by atoms with Crippen molar-refractivity contribution in [1.82, 2.24) is 4.98 Å². The molecule has 0 fully saturated rings. The van der Waals surface area contributed by atoms with E-state index in [2.05, 4.69) is 10.3 Å². The van der Waals surface area contributed by atoms with E-state index in [1.165, 1.54) is 12.1 Å². The Morgan fingerprint density at radius 2 is 1.71 bits per heavy atom. The van der Waals surface area contributed by atoms with Gasteiger partial charge in [0.15, 0.2) is 0 Å². The molecule has 1 heterocycles. The molecule has 106 valence electrons. The molecule has 0 aliphatic rings. The average Bonchev–Trinajstić information content (AvgIpc) is 2.88. The van der Waals surface area contributed by atoms with Crippen LogP contribution in [0.25, 0.3) is 10.9 Å². The first-order valence-corrected chi connectivity index (χ1v) is 7.21. The van der Waals surface area contributed by atoms with Crippen molar-refractivity contribution >= 4 is 57.3 Å². The molecule has 0 radical (unpaired) electrons. The van der Waals surface area contributed by atoms with Gasteiger partial charge in [0.25, 0.3) is 5.91 Å². The smallest absolute Gasteiger partial charge is 0.257 e. The number of amides is 1. The molecule has 0 aliphatic carbocycles. The standard InChI is InChI=1S/C15H9Cl3N2O/c16-10-5-12(18)14(6-11(10)17)20-15(21)9-7-19-13-4-2-1-3-8(9)13/h1-7,19H,(H,20,21). The Labute approximate surface area is 135 Å². The summed E-state index contributed by atoms with van der Waals surface area (Å²) in [4.78, 5) is 15.4. The molecule has 0 saturated heterocycles. The SMILES string of the molecule is O=C(Nc1cc(Cl)c(Cl)cc1Cl)c1c[nH]c2ccccc12. The summed E-state index contributed by atoms with van der Waals surface area (Å²) in [5.41, 5.74) is 1.84. The van der Waals surface area contributed by atoms with Crippen LogP contribution < -0.4 is 5.32 Å². The molecule has 3 nitrogen and oxygen atoms in total. The van der Waals surface area contributed by atoms with Crippen LogP contribution >= 0.6 is 34.8 Å². The molecule has 0 atom stereocenters. The first kappa shape index (κ1) is 14.3. The van der Waals surface area contributed by atoms with Crippen LogP contribution in [0.15, 0.2) is 42.6 Å². The normalized spacial score (nSPS) is 10.8. The zero-order chi connectivity index (χ0) is 15.0. The van der Waals surface area contributed by atoms with E-state index in [1.54, 1.807) is 6.20 Å². The van der Waals surface area contributed by atoms with Crippen LogP contribution in [0, 0.1) is 0 Å². The van der Waals surface area contributed by atoms with E-state index >= 15 is 0 Å². The molecule has 3 rings (SSSR count). The molecule has 2 N–H and O–H groups in total. The van der Waals surface area contributed by atoms with Gasteiger partial charge in [-0.2, -0.15) is 0 Å². The van der Waals surface area contributed by atoms with Crippen LogP contribution in [0.5, 0.6) is 0 Å². The van der Waals surface area contributed by atoms with Gasteiger partial charge in [-0.25, -0.2) is 0 Å². The zero-order valence-electron chi connectivity index (χ0n) is 10.6. The predicted molar refractivity (Wildman–Crippen MR) is 87.7 cm³/mol. The number of carbonyl (C=O) groups is 1. The number of hydrogen-bond acceptors (Lipinski definition) is 1. The van der Waals surface area contributed by atoms with Crippen molar-refractivity contribution in [3.05, 3.63) is 63.2 Å². The Balaban J connectivity index is 1.95. The van der Waals surface area contributed by atoms with Gasteiger partial charge in [0.2, 0.25) is 0 Å². The minimum Gasteiger partial charge on any atom is -0.360 e. The first-order chi connectivity index (χ1) is 10.1. The largest absolute Gasteiger partial charge is 0.360 e. The monoisotopic (exact) mass is 338 g/mol. The van der Waals surface area contributed by atoms with Crippen molar-refractivity contribution in [2.45, 2.75) is 0 Å². The number of nitrogens with one attached hydrogen (secondary N) is 2. The quantitative estimate of drug-likeness (QED) is 0.605. The second kappa shape index (κ2) is 5.60. The maximum atomic E-state index is 12.4. The molecule has 0 aliphatic heterocycles. The van der Waals surface area contributed by atoms with Crippen LogP contribution in [0.3, 0.4) is 0 Å². The highest BCUT2D eigenvalue weighted by Crippen LogP contribution is 2.32. The van der Waals surface area contributed by atoms with Crippen molar-refractivity contribution in [3.63, 3.8) is 0 Å². The van der Waals surface area contributed by atoms with E-state index in [4.69, 9.17) is 34.8 Å². The van der Waals surface area contributed by atoms with Crippen LogP contribution in [-0.4, -0.2) is 10.9 Å². The molecular formula is C15H9Cl3N2O. The Bertz CT molecular complexity index is 842. The number of carbonyl (C=O) groups excluding carboxylic acids is 1. The highest BCUT2D eigenvalue weighted by atomic mass is 35.5. The number of anilines is 1.